The van der Waals surface area contributed by atoms with Crippen LogP contribution in [-0.2, 0) is 16.6 Å². The number of nitrogens with zero attached hydrogens (tertiary/aromatic N) is 3. The molecule has 1 aliphatic carbocycles. The van der Waals surface area contributed by atoms with Crippen LogP contribution in [0.15, 0.2) is 23.1 Å². The average Bonchev–Trinajstić information content (AvgIpc) is 2.61. The molecule has 0 spiro atoms. The van der Waals surface area contributed by atoms with E-state index >= 15 is 0 Å². The highest BCUT2D eigenvalue weighted by Gasteiger charge is 2.23. The monoisotopic (exact) mass is 395 g/mol. The van der Waals surface area contributed by atoms with Crippen LogP contribution in [0.4, 0.5) is 5.95 Å². The van der Waals surface area contributed by atoms with Crippen LogP contribution in [-0.4, -0.2) is 53.0 Å². The van der Waals surface area contributed by atoms with Crippen molar-refractivity contribution in [2.45, 2.75) is 50.7 Å². The van der Waals surface area contributed by atoms with Gasteiger partial charge in [0.25, 0.3) is 5.56 Å². The van der Waals surface area contributed by atoms with Crippen LogP contribution in [0.3, 0.4) is 0 Å². The van der Waals surface area contributed by atoms with Gasteiger partial charge in [0.05, 0.1) is 6.26 Å². The molecule has 1 fully saturated rings. The van der Waals surface area contributed by atoms with Gasteiger partial charge in [-0.25, -0.2) is 18.1 Å². The Morgan fingerprint density at radius 2 is 1.93 bits per heavy atom. The van der Waals surface area contributed by atoms with Crippen molar-refractivity contribution in [3.63, 3.8) is 0 Å². The van der Waals surface area contributed by atoms with Crippen molar-refractivity contribution in [2.24, 2.45) is 0 Å². The zero-order valence-electron chi connectivity index (χ0n) is 15.3. The van der Waals surface area contributed by atoms with Crippen molar-refractivity contribution in [1.82, 2.24) is 19.3 Å². The van der Waals surface area contributed by atoms with Crippen molar-refractivity contribution < 1.29 is 13.5 Å². The summed E-state index contributed by atoms with van der Waals surface area (Å²) in [7, 11) is -3.19. The Hall–Kier alpha value is -2.04. The molecule has 2 heterocycles. The van der Waals surface area contributed by atoms with Gasteiger partial charge >= 0.3 is 0 Å². The molecule has 3 N–H and O–H groups in total. The first-order valence-electron chi connectivity index (χ1n) is 9.07. The van der Waals surface area contributed by atoms with Crippen molar-refractivity contribution in [1.29, 1.82) is 0 Å². The first kappa shape index (κ1) is 19.7. The molecule has 3 rings (SSSR count). The molecule has 0 saturated heterocycles. The van der Waals surface area contributed by atoms with Gasteiger partial charge in [0.1, 0.15) is 5.65 Å². The Bertz CT molecular complexity index is 951. The maximum absolute atomic E-state index is 12.1. The highest BCUT2D eigenvalue weighted by atomic mass is 32.2. The summed E-state index contributed by atoms with van der Waals surface area (Å²) in [6, 6.07) is 3.30. The minimum Gasteiger partial charge on any atom is -0.396 e. The molecule has 148 valence electrons. The van der Waals surface area contributed by atoms with E-state index in [-0.39, 0.29) is 24.2 Å². The lowest BCUT2D eigenvalue weighted by atomic mass is 9.92. The third-order valence-corrected chi connectivity index (χ3v) is 5.47. The molecule has 0 unspecified atom stereocenters. The minimum atomic E-state index is -3.19. The smallest absolute Gasteiger partial charge is 0.252 e. The number of aromatic nitrogens is 3. The van der Waals surface area contributed by atoms with Crippen LogP contribution in [0, 0.1) is 0 Å². The molecule has 0 amide bonds. The zero-order valence-corrected chi connectivity index (χ0v) is 16.1. The molecule has 2 aromatic heterocycles. The van der Waals surface area contributed by atoms with Gasteiger partial charge in [-0.15, -0.1) is 0 Å². The summed E-state index contributed by atoms with van der Waals surface area (Å²) >= 11 is 0. The number of aliphatic hydroxyl groups is 1. The molecule has 1 saturated carbocycles. The molecule has 27 heavy (non-hydrogen) atoms. The van der Waals surface area contributed by atoms with Crippen molar-refractivity contribution in [2.75, 3.05) is 18.2 Å². The lowest BCUT2D eigenvalue weighted by molar-refractivity contribution is 0.280. The minimum absolute atomic E-state index is 0.00374. The number of hydrogen-bond donors (Lipinski definition) is 3. The molecule has 0 aliphatic heterocycles. The number of fused-ring (bicyclic) bond motifs is 1. The molecule has 0 atom stereocenters. The van der Waals surface area contributed by atoms with Crippen LogP contribution >= 0.6 is 0 Å². The highest BCUT2D eigenvalue weighted by Crippen LogP contribution is 2.22. The number of pyridine rings is 1. The zero-order chi connectivity index (χ0) is 19.4. The summed E-state index contributed by atoms with van der Waals surface area (Å²) in [5.41, 5.74) is 0.383. The number of hydrogen-bond acceptors (Lipinski definition) is 7. The molecule has 10 heteroatoms. The first-order chi connectivity index (χ1) is 12.9. The van der Waals surface area contributed by atoms with E-state index in [4.69, 9.17) is 5.11 Å². The van der Waals surface area contributed by atoms with E-state index in [2.05, 4.69) is 20.0 Å². The summed E-state index contributed by atoms with van der Waals surface area (Å²) in [6.07, 6.45) is 6.44. The van der Waals surface area contributed by atoms with Gasteiger partial charge in [0, 0.05) is 42.9 Å². The Morgan fingerprint density at radius 3 is 2.59 bits per heavy atom. The number of anilines is 1. The van der Waals surface area contributed by atoms with E-state index in [0.717, 1.165) is 31.1 Å². The Kier molecular flexibility index (Phi) is 6.08. The Balaban J connectivity index is 1.72. The number of aryl methyl sites for hydroxylation is 1. The molecule has 0 bridgehead atoms. The van der Waals surface area contributed by atoms with Crippen molar-refractivity contribution in [3.05, 3.63) is 28.7 Å². The van der Waals surface area contributed by atoms with Gasteiger partial charge in [-0.1, -0.05) is 0 Å². The van der Waals surface area contributed by atoms with E-state index in [1.807, 2.05) is 0 Å². The molecule has 0 aromatic carbocycles. The van der Waals surface area contributed by atoms with Crippen LogP contribution in [0.2, 0.25) is 0 Å². The number of sulfonamides is 1. The van der Waals surface area contributed by atoms with Gasteiger partial charge in [-0.05, 0) is 38.2 Å². The maximum Gasteiger partial charge on any atom is 0.252 e. The second-order valence-electron chi connectivity index (χ2n) is 6.96. The van der Waals surface area contributed by atoms with E-state index in [1.54, 1.807) is 16.8 Å². The van der Waals surface area contributed by atoms with Gasteiger partial charge in [0.2, 0.25) is 16.0 Å². The normalized spacial score (nSPS) is 20.7. The second kappa shape index (κ2) is 8.32. The third-order valence-electron chi connectivity index (χ3n) is 4.70. The van der Waals surface area contributed by atoms with E-state index < -0.39 is 10.0 Å². The summed E-state index contributed by atoms with van der Waals surface area (Å²) in [5.74, 6) is 0.449. The quantitative estimate of drug-likeness (QED) is 0.621. The van der Waals surface area contributed by atoms with Gasteiger partial charge < -0.3 is 10.4 Å². The van der Waals surface area contributed by atoms with Crippen LogP contribution in [0.1, 0.15) is 32.1 Å². The second-order valence-corrected chi connectivity index (χ2v) is 8.74. The van der Waals surface area contributed by atoms with E-state index in [9.17, 15) is 13.2 Å². The largest absolute Gasteiger partial charge is 0.396 e. The predicted molar refractivity (Wildman–Crippen MR) is 103 cm³/mol. The highest BCUT2D eigenvalue weighted by molar-refractivity contribution is 7.88. The summed E-state index contributed by atoms with van der Waals surface area (Å²) in [5, 5.41) is 13.1. The summed E-state index contributed by atoms with van der Waals surface area (Å²) < 4.78 is 26.9. The summed E-state index contributed by atoms with van der Waals surface area (Å²) in [4.78, 5) is 21.0. The lowest BCUT2D eigenvalue weighted by Gasteiger charge is -2.29. The van der Waals surface area contributed by atoms with Crippen LogP contribution in [0.5, 0.6) is 0 Å². The topological polar surface area (TPSA) is 126 Å². The SMILES string of the molecule is CS(=O)(=O)NC1CCC(Nc2ncc3ccc(=O)n(CCCO)c3n2)CC1. The summed E-state index contributed by atoms with van der Waals surface area (Å²) in [6.45, 7) is 0.398. The molecule has 9 nitrogen and oxygen atoms in total. The number of rotatable bonds is 7. The third kappa shape index (κ3) is 5.24. The van der Waals surface area contributed by atoms with Gasteiger partial charge in [0.15, 0.2) is 0 Å². The molecule has 0 radical (unpaired) electrons. The molecule has 1 aliphatic rings. The fourth-order valence-corrected chi connectivity index (χ4v) is 4.27. The van der Waals surface area contributed by atoms with Crippen LogP contribution < -0.4 is 15.6 Å². The average molecular weight is 395 g/mol. The Morgan fingerprint density at radius 1 is 1.22 bits per heavy atom. The van der Waals surface area contributed by atoms with Crippen LogP contribution in [0.25, 0.3) is 11.0 Å². The fraction of sp³-hybridized carbons (Fsp3) is 0.588. The van der Waals surface area contributed by atoms with Crippen molar-refractivity contribution in [3.8, 4) is 0 Å². The van der Waals surface area contributed by atoms with Gasteiger partial charge in [-0.3, -0.25) is 9.36 Å². The standard InChI is InChI=1S/C17H25N5O4S/c1-27(25,26)21-14-6-4-13(5-7-14)19-17-18-11-12-3-8-15(24)22(9-2-10-23)16(12)20-17/h3,8,11,13-14,21,23H,2,4-7,9-10H2,1H3,(H,18,19,20). The number of aliphatic hydroxyl groups excluding tert-OH is 1. The fourth-order valence-electron chi connectivity index (χ4n) is 3.43. The van der Waals surface area contributed by atoms with E-state index in [1.165, 1.54) is 12.3 Å². The number of nitrogens with one attached hydrogen (secondary N) is 2. The van der Waals surface area contributed by atoms with Crippen molar-refractivity contribution >= 4 is 27.0 Å². The van der Waals surface area contributed by atoms with E-state index in [0.29, 0.717) is 24.6 Å². The maximum atomic E-state index is 12.1. The lowest BCUT2D eigenvalue weighted by Crippen LogP contribution is -2.39. The molecule has 2 aromatic rings. The Labute approximate surface area is 157 Å². The predicted octanol–water partition coefficient (Wildman–Crippen LogP) is 0.446. The van der Waals surface area contributed by atoms with Gasteiger partial charge in [-0.2, -0.15) is 4.98 Å². The molecular weight excluding hydrogens is 370 g/mol. The molecular formula is C17H25N5O4S. The first-order valence-corrected chi connectivity index (χ1v) is 11.0.